The van der Waals surface area contributed by atoms with Gasteiger partial charge in [-0.25, -0.2) is 0 Å². The normalized spacial score (nSPS) is 34.7. The molecule has 5 nitrogen and oxygen atoms in total. The lowest BCUT2D eigenvalue weighted by Gasteiger charge is -2.45. The first kappa shape index (κ1) is 18.5. The monoisotopic (exact) mass is 343 g/mol. The van der Waals surface area contributed by atoms with E-state index in [9.17, 15) is 9.59 Å². The molecular formula is C17H30ClN3O2. The van der Waals surface area contributed by atoms with Gasteiger partial charge in [-0.05, 0) is 50.4 Å². The molecule has 3 aliphatic rings. The Balaban J connectivity index is 0.00000192. The molecule has 0 aromatic rings. The van der Waals surface area contributed by atoms with Crippen LogP contribution in [-0.4, -0.2) is 41.4 Å². The lowest BCUT2D eigenvalue weighted by molar-refractivity contribution is -0.138. The third kappa shape index (κ3) is 3.82. The summed E-state index contributed by atoms with van der Waals surface area (Å²) >= 11 is 0. The molecule has 1 heterocycles. The van der Waals surface area contributed by atoms with E-state index in [0.29, 0.717) is 30.7 Å². The van der Waals surface area contributed by atoms with E-state index in [-0.39, 0.29) is 36.3 Å². The summed E-state index contributed by atoms with van der Waals surface area (Å²) in [4.78, 5) is 26.5. The number of carbonyl (C=O) groups is 2. The maximum atomic E-state index is 12.8. The van der Waals surface area contributed by atoms with Gasteiger partial charge in [0.1, 0.15) is 6.04 Å². The van der Waals surface area contributed by atoms with Gasteiger partial charge in [-0.3, -0.25) is 9.59 Å². The first-order valence-electron chi connectivity index (χ1n) is 8.95. The molecule has 1 saturated heterocycles. The molecule has 2 saturated carbocycles. The number of halogens is 1. The standard InChI is InChI=1S/C17H29N3O2.ClH/c1-2-14(20-8-4-7-15(20)21)17(22)19-16-11-5-3-6-12(16)10-13(18)9-11;/h11-14,16H,2-10,18H2,1H3,(H,19,22);1H. The molecule has 132 valence electrons. The zero-order valence-electron chi connectivity index (χ0n) is 14.0. The highest BCUT2D eigenvalue weighted by Crippen LogP contribution is 2.39. The number of likely N-dealkylation sites (tertiary alicyclic amines) is 1. The molecule has 6 heteroatoms. The Morgan fingerprint density at radius 3 is 2.48 bits per heavy atom. The van der Waals surface area contributed by atoms with E-state index in [1.54, 1.807) is 4.90 Å². The average molecular weight is 344 g/mol. The minimum atomic E-state index is -0.286. The van der Waals surface area contributed by atoms with Crippen LogP contribution in [0.5, 0.6) is 0 Å². The summed E-state index contributed by atoms with van der Waals surface area (Å²) in [5, 5.41) is 3.30. The molecule has 0 aromatic carbocycles. The second kappa shape index (κ2) is 7.84. The van der Waals surface area contributed by atoms with Crippen molar-refractivity contribution in [3.63, 3.8) is 0 Å². The van der Waals surface area contributed by atoms with E-state index in [1.165, 1.54) is 19.3 Å². The smallest absolute Gasteiger partial charge is 0.243 e. The van der Waals surface area contributed by atoms with Gasteiger partial charge in [-0.1, -0.05) is 13.3 Å². The van der Waals surface area contributed by atoms with Crippen molar-refractivity contribution in [1.29, 1.82) is 0 Å². The summed E-state index contributed by atoms with van der Waals surface area (Å²) in [6, 6.07) is 0.282. The molecule has 3 rings (SSSR count). The number of nitrogens with zero attached hydrogens (tertiary/aromatic N) is 1. The predicted molar refractivity (Wildman–Crippen MR) is 92.2 cm³/mol. The van der Waals surface area contributed by atoms with E-state index in [4.69, 9.17) is 5.73 Å². The molecule has 0 radical (unpaired) electrons. The van der Waals surface area contributed by atoms with E-state index in [2.05, 4.69) is 5.32 Å². The van der Waals surface area contributed by atoms with Gasteiger partial charge in [0.05, 0.1) is 0 Å². The predicted octanol–water partition coefficient (Wildman–Crippen LogP) is 1.83. The van der Waals surface area contributed by atoms with E-state index in [1.807, 2.05) is 6.92 Å². The molecule has 0 spiro atoms. The van der Waals surface area contributed by atoms with Crippen LogP contribution in [0.25, 0.3) is 0 Å². The fraction of sp³-hybridized carbons (Fsp3) is 0.882. The molecule has 2 amide bonds. The van der Waals surface area contributed by atoms with Crippen LogP contribution in [0, 0.1) is 11.8 Å². The zero-order valence-corrected chi connectivity index (χ0v) is 14.8. The number of nitrogens with one attached hydrogen (secondary N) is 1. The maximum absolute atomic E-state index is 12.8. The van der Waals surface area contributed by atoms with Crippen molar-refractivity contribution >= 4 is 24.2 Å². The van der Waals surface area contributed by atoms with Crippen LogP contribution in [0.3, 0.4) is 0 Å². The summed E-state index contributed by atoms with van der Waals surface area (Å²) in [6.45, 7) is 2.72. The number of carbonyl (C=O) groups excluding carboxylic acids is 2. The lowest BCUT2D eigenvalue weighted by Crippen LogP contribution is -2.57. The number of hydrogen-bond donors (Lipinski definition) is 2. The SMILES string of the molecule is CCC(C(=O)NC1C2CCCC1CC(N)C2)N1CCCC1=O.Cl. The van der Waals surface area contributed by atoms with Crippen LogP contribution in [0.1, 0.15) is 58.3 Å². The van der Waals surface area contributed by atoms with Gasteiger partial charge in [-0.15, -0.1) is 12.4 Å². The highest BCUT2D eigenvalue weighted by atomic mass is 35.5. The molecule has 3 fully saturated rings. The van der Waals surface area contributed by atoms with Crippen molar-refractivity contribution in [3.05, 3.63) is 0 Å². The molecule has 3 N–H and O–H groups in total. The quantitative estimate of drug-likeness (QED) is 0.817. The minimum absolute atomic E-state index is 0. The van der Waals surface area contributed by atoms with Gasteiger partial charge in [0.15, 0.2) is 0 Å². The molecule has 23 heavy (non-hydrogen) atoms. The summed E-state index contributed by atoms with van der Waals surface area (Å²) in [7, 11) is 0. The van der Waals surface area contributed by atoms with Crippen molar-refractivity contribution in [3.8, 4) is 0 Å². The molecule has 3 atom stereocenters. The van der Waals surface area contributed by atoms with E-state index >= 15 is 0 Å². The van der Waals surface area contributed by atoms with Gasteiger partial charge >= 0.3 is 0 Å². The summed E-state index contributed by atoms with van der Waals surface area (Å²) in [5.74, 6) is 1.24. The van der Waals surface area contributed by atoms with Crippen molar-refractivity contribution in [2.45, 2.75) is 76.4 Å². The van der Waals surface area contributed by atoms with Crippen LogP contribution >= 0.6 is 12.4 Å². The lowest BCUT2D eigenvalue weighted by atomic mass is 9.67. The maximum Gasteiger partial charge on any atom is 0.243 e. The molecule has 0 aromatic heterocycles. The van der Waals surface area contributed by atoms with Crippen molar-refractivity contribution in [2.24, 2.45) is 17.6 Å². The Kier molecular flexibility index (Phi) is 6.32. The summed E-state index contributed by atoms with van der Waals surface area (Å²) in [5.41, 5.74) is 6.16. The van der Waals surface area contributed by atoms with Gasteiger partial charge in [0, 0.05) is 25.0 Å². The van der Waals surface area contributed by atoms with Crippen LogP contribution in [0.4, 0.5) is 0 Å². The number of hydrogen-bond acceptors (Lipinski definition) is 3. The Morgan fingerprint density at radius 2 is 1.96 bits per heavy atom. The number of nitrogens with two attached hydrogens (primary N) is 1. The summed E-state index contributed by atoms with van der Waals surface area (Å²) < 4.78 is 0. The van der Waals surface area contributed by atoms with Crippen LogP contribution < -0.4 is 11.1 Å². The fourth-order valence-corrected chi connectivity index (χ4v) is 4.83. The number of amides is 2. The third-order valence-corrected chi connectivity index (χ3v) is 5.86. The largest absolute Gasteiger partial charge is 0.351 e. The minimum Gasteiger partial charge on any atom is -0.351 e. The van der Waals surface area contributed by atoms with Gasteiger partial charge < -0.3 is 16.0 Å². The van der Waals surface area contributed by atoms with Crippen LogP contribution in [0.15, 0.2) is 0 Å². The van der Waals surface area contributed by atoms with Gasteiger partial charge in [0.25, 0.3) is 0 Å². The van der Waals surface area contributed by atoms with Crippen molar-refractivity contribution < 1.29 is 9.59 Å². The first-order chi connectivity index (χ1) is 10.6. The average Bonchev–Trinajstić information content (AvgIpc) is 2.87. The molecule has 2 aliphatic carbocycles. The van der Waals surface area contributed by atoms with E-state index < -0.39 is 0 Å². The molecule has 2 bridgehead atoms. The van der Waals surface area contributed by atoms with Crippen LogP contribution in [-0.2, 0) is 9.59 Å². The second-order valence-corrected chi connectivity index (χ2v) is 7.33. The van der Waals surface area contributed by atoms with Crippen LogP contribution in [0.2, 0.25) is 0 Å². The Labute approximate surface area is 145 Å². The topological polar surface area (TPSA) is 75.4 Å². The Hall–Kier alpha value is -0.810. The number of rotatable bonds is 4. The molecular weight excluding hydrogens is 314 g/mol. The fourth-order valence-electron chi connectivity index (χ4n) is 4.83. The Bertz CT molecular complexity index is 432. The van der Waals surface area contributed by atoms with Gasteiger partial charge in [-0.2, -0.15) is 0 Å². The molecule has 1 aliphatic heterocycles. The first-order valence-corrected chi connectivity index (χ1v) is 8.95. The second-order valence-electron chi connectivity index (χ2n) is 7.33. The highest BCUT2D eigenvalue weighted by molar-refractivity contribution is 5.88. The zero-order chi connectivity index (χ0) is 15.7. The van der Waals surface area contributed by atoms with Gasteiger partial charge in [0.2, 0.25) is 11.8 Å². The Morgan fingerprint density at radius 1 is 1.30 bits per heavy atom. The number of fused-ring (bicyclic) bond motifs is 2. The van der Waals surface area contributed by atoms with Crippen molar-refractivity contribution in [1.82, 2.24) is 10.2 Å². The van der Waals surface area contributed by atoms with E-state index in [0.717, 1.165) is 25.8 Å². The molecule has 3 unspecified atom stereocenters. The third-order valence-electron chi connectivity index (χ3n) is 5.86. The summed E-state index contributed by atoms with van der Waals surface area (Å²) in [6.07, 6.45) is 7.83. The highest BCUT2D eigenvalue weighted by Gasteiger charge is 2.41. The van der Waals surface area contributed by atoms with Crippen molar-refractivity contribution in [2.75, 3.05) is 6.54 Å².